The highest BCUT2D eigenvalue weighted by atomic mass is 16.5. The third-order valence-corrected chi connectivity index (χ3v) is 4.41. The fraction of sp³-hybridized carbons (Fsp3) is 0.0952. The molecule has 1 aliphatic rings. The Balaban J connectivity index is 1.61. The van der Waals surface area contributed by atoms with Crippen LogP contribution in [0, 0.1) is 0 Å². The van der Waals surface area contributed by atoms with Crippen molar-refractivity contribution >= 4 is 34.8 Å². The number of urea groups is 1. The van der Waals surface area contributed by atoms with E-state index in [0.29, 0.717) is 18.7 Å². The van der Waals surface area contributed by atoms with Gasteiger partial charge in [0.05, 0.1) is 6.54 Å². The molecule has 2 heterocycles. The number of hydrogen-bond acceptors (Lipinski definition) is 4. The van der Waals surface area contributed by atoms with Crippen LogP contribution in [0.4, 0.5) is 4.79 Å². The summed E-state index contributed by atoms with van der Waals surface area (Å²) in [5.74, 6) is -0.627. The smallest absolute Gasteiger partial charge is 0.328 e. The summed E-state index contributed by atoms with van der Waals surface area (Å²) in [4.78, 5) is 35.2. The lowest BCUT2D eigenvalue weighted by molar-refractivity contribution is -0.123. The van der Waals surface area contributed by atoms with Gasteiger partial charge in [0.1, 0.15) is 17.9 Å². The molecule has 0 spiro atoms. The highest BCUT2D eigenvalue weighted by Crippen LogP contribution is 2.24. The molecule has 0 bridgehead atoms. The average molecular weight is 375 g/mol. The second-order valence-corrected chi connectivity index (χ2v) is 6.25. The summed E-state index contributed by atoms with van der Waals surface area (Å²) in [6.07, 6.45) is 3.36. The van der Waals surface area contributed by atoms with E-state index in [-0.39, 0.29) is 5.57 Å². The van der Waals surface area contributed by atoms with Crippen LogP contribution in [0.5, 0.6) is 5.75 Å². The van der Waals surface area contributed by atoms with Gasteiger partial charge in [0, 0.05) is 22.7 Å². The van der Waals surface area contributed by atoms with Crippen molar-refractivity contribution < 1.29 is 19.1 Å². The van der Waals surface area contributed by atoms with Gasteiger partial charge >= 0.3 is 6.03 Å². The van der Waals surface area contributed by atoms with Gasteiger partial charge in [-0.1, -0.05) is 36.4 Å². The number of barbiturate groups is 1. The number of para-hydroxylation sites is 2. The van der Waals surface area contributed by atoms with Crippen molar-refractivity contribution in [1.82, 2.24) is 15.2 Å². The Morgan fingerprint density at radius 2 is 1.57 bits per heavy atom. The molecule has 28 heavy (non-hydrogen) atoms. The number of aromatic nitrogens is 1. The predicted molar refractivity (Wildman–Crippen MR) is 104 cm³/mol. The van der Waals surface area contributed by atoms with E-state index in [1.807, 2.05) is 65.4 Å². The van der Waals surface area contributed by atoms with Gasteiger partial charge in [-0.25, -0.2) is 4.79 Å². The lowest BCUT2D eigenvalue weighted by Gasteiger charge is -2.13. The van der Waals surface area contributed by atoms with Gasteiger partial charge in [-0.05, 0) is 24.3 Å². The van der Waals surface area contributed by atoms with Crippen LogP contribution in [-0.4, -0.2) is 29.0 Å². The van der Waals surface area contributed by atoms with E-state index in [1.54, 1.807) is 0 Å². The van der Waals surface area contributed by atoms with Crippen molar-refractivity contribution in [3.63, 3.8) is 0 Å². The number of amides is 4. The number of fused-ring (bicyclic) bond motifs is 1. The molecule has 3 aromatic rings. The Kier molecular flexibility index (Phi) is 4.63. The molecular formula is C21H17N3O4. The third kappa shape index (κ3) is 3.50. The molecule has 1 saturated heterocycles. The number of ether oxygens (including phenoxy) is 1. The zero-order valence-electron chi connectivity index (χ0n) is 14.8. The van der Waals surface area contributed by atoms with E-state index in [1.165, 1.54) is 6.08 Å². The first-order valence-corrected chi connectivity index (χ1v) is 8.76. The largest absolute Gasteiger partial charge is 0.492 e. The molecule has 7 heteroatoms. The number of carbonyl (C=O) groups is 3. The van der Waals surface area contributed by atoms with Crippen LogP contribution in [-0.2, 0) is 16.1 Å². The van der Waals surface area contributed by atoms with Crippen molar-refractivity contribution in [3.05, 3.63) is 71.9 Å². The summed E-state index contributed by atoms with van der Waals surface area (Å²) in [7, 11) is 0. The van der Waals surface area contributed by atoms with E-state index in [2.05, 4.69) is 10.6 Å². The molecule has 1 aliphatic heterocycles. The maximum atomic E-state index is 12.0. The van der Waals surface area contributed by atoms with E-state index in [0.717, 1.165) is 16.7 Å². The van der Waals surface area contributed by atoms with Crippen LogP contribution >= 0.6 is 0 Å². The Morgan fingerprint density at radius 1 is 0.893 bits per heavy atom. The molecule has 4 amide bonds. The SMILES string of the molecule is O=C1NC(=O)C(=Cc2cn(CCOc3ccccc3)c3ccccc23)C(=O)N1. The highest BCUT2D eigenvalue weighted by molar-refractivity contribution is 6.31. The number of benzene rings is 2. The minimum absolute atomic E-state index is 0.108. The quantitative estimate of drug-likeness (QED) is 0.530. The molecule has 1 fully saturated rings. The first-order chi connectivity index (χ1) is 13.6. The van der Waals surface area contributed by atoms with Crippen molar-refractivity contribution in [3.8, 4) is 5.75 Å². The summed E-state index contributed by atoms with van der Waals surface area (Å²) in [5, 5.41) is 5.06. The van der Waals surface area contributed by atoms with E-state index < -0.39 is 17.8 Å². The van der Waals surface area contributed by atoms with Crippen LogP contribution in [0.1, 0.15) is 5.56 Å². The molecule has 0 saturated carbocycles. The average Bonchev–Trinajstić information content (AvgIpc) is 3.03. The topological polar surface area (TPSA) is 89.4 Å². The lowest BCUT2D eigenvalue weighted by atomic mass is 10.1. The van der Waals surface area contributed by atoms with Crippen LogP contribution in [0.15, 0.2) is 66.4 Å². The molecule has 4 rings (SSSR count). The predicted octanol–water partition coefficient (Wildman–Crippen LogP) is 2.47. The molecular weight excluding hydrogens is 358 g/mol. The fourth-order valence-electron chi connectivity index (χ4n) is 3.12. The molecule has 7 nitrogen and oxygen atoms in total. The molecule has 140 valence electrons. The molecule has 0 unspecified atom stereocenters. The Hall–Kier alpha value is -3.87. The molecule has 0 radical (unpaired) electrons. The molecule has 0 aliphatic carbocycles. The van der Waals surface area contributed by atoms with Gasteiger partial charge in [0.15, 0.2) is 0 Å². The minimum atomic E-state index is -0.812. The number of nitrogens with one attached hydrogen (secondary N) is 2. The zero-order chi connectivity index (χ0) is 19.5. The molecule has 2 aromatic carbocycles. The van der Waals surface area contributed by atoms with Crippen LogP contribution in [0.2, 0.25) is 0 Å². The van der Waals surface area contributed by atoms with Crippen LogP contribution in [0.3, 0.4) is 0 Å². The van der Waals surface area contributed by atoms with Gasteiger partial charge in [-0.3, -0.25) is 20.2 Å². The summed E-state index contributed by atoms with van der Waals surface area (Å²) in [6.45, 7) is 1.06. The monoisotopic (exact) mass is 375 g/mol. The second kappa shape index (κ2) is 7.40. The first kappa shape index (κ1) is 17.5. The van der Waals surface area contributed by atoms with Gasteiger partial charge < -0.3 is 9.30 Å². The first-order valence-electron chi connectivity index (χ1n) is 8.76. The fourth-order valence-corrected chi connectivity index (χ4v) is 3.12. The van der Waals surface area contributed by atoms with Crippen LogP contribution < -0.4 is 15.4 Å². The number of nitrogens with zero attached hydrogens (tertiary/aromatic N) is 1. The number of carbonyl (C=O) groups excluding carboxylic acids is 3. The van der Waals surface area contributed by atoms with E-state index >= 15 is 0 Å². The third-order valence-electron chi connectivity index (χ3n) is 4.41. The van der Waals surface area contributed by atoms with Crippen molar-refractivity contribution in [2.45, 2.75) is 6.54 Å². The Morgan fingerprint density at radius 3 is 2.32 bits per heavy atom. The van der Waals surface area contributed by atoms with Gasteiger partial charge in [-0.2, -0.15) is 0 Å². The maximum absolute atomic E-state index is 12.0. The van der Waals surface area contributed by atoms with Gasteiger partial charge in [0.2, 0.25) is 0 Å². The molecule has 1 aromatic heterocycles. The molecule has 0 atom stereocenters. The van der Waals surface area contributed by atoms with E-state index in [4.69, 9.17) is 4.74 Å². The maximum Gasteiger partial charge on any atom is 0.328 e. The van der Waals surface area contributed by atoms with Crippen molar-refractivity contribution in [1.29, 1.82) is 0 Å². The molecule has 2 N–H and O–H groups in total. The number of hydrogen-bond donors (Lipinski definition) is 2. The minimum Gasteiger partial charge on any atom is -0.492 e. The van der Waals surface area contributed by atoms with Crippen LogP contribution in [0.25, 0.3) is 17.0 Å². The number of imide groups is 2. The lowest BCUT2D eigenvalue weighted by Crippen LogP contribution is -2.51. The standard InChI is InChI=1S/C21H17N3O4/c25-19-17(20(26)23-21(27)22-19)12-14-13-24(18-9-5-4-8-16(14)18)10-11-28-15-6-2-1-3-7-15/h1-9,12-13H,10-11H2,(H2,22,23,25,26,27). The summed E-state index contributed by atoms with van der Waals surface area (Å²) in [5.41, 5.74) is 1.56. The number of rotatable bonds is 5. The van der Waals surface area contributed by atoms with Gasteiger partial charge in [-0.15, -0.1) is 0 Å². The summed E-state index contributed by atoms with van der Waals surface area (Å²) in [6, 6.07) is 16.4. The Labute approximate surface area is 160 Å². The van der Waals surface area contributed by atoms with E-state index in [9.17, 15) is 14.4 Å². The zero-order valence-corrected chi connectivity index (χ0v) is 14.8. The second-order valence-electron chi connectivity index (χ2n) is 6.25. The highest BCUT2D eigenvalue weighted by Gasteiger charge is 2.28. The normalized spacial score (nSPS) is 14.0. The van der Waals surface area contributed by atoms with Crippen molar-refractivity contribution in [2.24, 2.45) is 0 Å². The Bertz CT molecular complexity index is 1080. The summed E-state index contributed by atoms with van der Waals surface area (Å²) >= 11 is 0. The van der Waals surface area contributed by atoms with Gasteiger partial charge in [0.25, 0.3) is 11.8 Å². The van der Waals surface area contributed by atoms with Crippen molar-refractivity contribution in [2.75, 3.05) is 6.61 Å². The summed E-state index contributed by atoms with van der Waals surface area (Å²) < 4.78 is 7.77.